The Morgan fingerprint density at radius 1 is 0.964 bits per heavy atom. The van der Waals surface area contributed by atoms with Gasteiger partial charge in [0.25, 0.3) is 0 Å². The van der Waals surface area contributed by atoms with Crippen LogP contribution in [-0.4, -0.2) is 19.2 Å². The molecule has 28 heavy (non-hydrogen) atoms. The molecule has 4 nitrogen and oxygen atoms in total. The molecule has 4 rings (SSSR count). The van der Waals surface area contributed by atoms with Crippen LogP contribution < -0.4 is 0 Å². The van der Waals surface area contributed by atoms with Crippen LogP contribution in [0.2, 0.25) is 0 Å². The fourth-order valence-corrected chi connectivity index (χ4v) is 4.45. The molecular formula is C24H30N4. The van der Waals surface area contributed by atoms with Gasteiger partial charge in [0.05, 0.1) is 17.0 Å². The van der Waals surface area contributed by atoms with Crippen LogP contribution in [0.25, 0.3) is 27.8 Å². The van der Waals surface area contributed by atoms with E-state index in [0.29, 0.717) is 5.92 Å². The van der Waals surface area contributed by atoms with Gasteiger partial charge in [0.2, 0.25) is 0 Å². The molecule has 4 aromatic rings. The quantitative estimate of drug-likeness (QED) is 0.443. The number of nitrogens with zero attached hydrogens (tertiary/aromatic N) is 4. The molecular weight excluding hydrogens is 344 g/mol. The van der Waals surface area contributed by atoms with Crippen molar-refractivity contribution in [2.24, 2.45) is 5.92 Å². The van der Waals surface area contributed by atoms with Gasteiger partial charge in [-0.25, -0.2) is 4.98 Å². The zero-order valence-electron chi connectivity index (χ0n) is 18.1. The maximum absolute atomic E-state index is 5.01. The molecule has 1 aromatic carbocycles. The summed E-state index contributed by atoms with van der Waals surface area (Å²) in [6.45, 7) is 16.3. The Hall–Kier alpha value is -2.62. The molecule has 3 heterocycles. The maximum Gasteiger partial charge on any atom is 0.165 e. The van der Waals surface area contributed by atoms with E-state index in [1.54, 1.807) is 0 Å². The van der Waals surface area contributed by atoms with Crippen molar-refractivity contribution in [3.8, 4) is 11.1 Å². The first kappa shape index (κ1) is 18.7. The Bertz CT molecular complexity index is 1170. The Morgan fingerprint density at radius 3 is 2.29 bits per heavy atom. The van der Waals surface area contributed by atoms with Crippen LogP contribution in [0.4, 0.5) is 0 Å². The van der Waals surface area contributed by atoms with Crippen LogP contribution in [-0.2, 0) is 6.54 Å². The van der Waals surface area contributed by atoms with Crippen molar-refractivity contribution < 1.29 is 0 Å². The zero-order chi connectivity index (χ0) is 20.2. The Kier molecular flexibility index (Phi) is 4.53. The van der Waals surface area contributed by atoms with E-state index in [0.717, 1.165) is 41.2 Å². The monoisotopic (exact) mass is 374 g/mol. The standard InChI is InChI=1S/C24H30N4/c1-8-14(2)13-27-10-9-20-18(6)25-23-22(19(7)26-28(23)24(20)27)21-16(4)11-15(3)12-17(21)5/h9-12,14H,8,13H2,1-7H3. The number of hydrogen-bond acceptors (Lipinski definition) is 2. The van der Waals surface area contributed by atoms with E-state index in [1.807, 2.05) is 0 Å². The molecule has 1 atom stereocenters. The first-order valence-corrected chi connectivity index (χ1v) is 10.2. The van der Waals surface area contributed by atoms with Crippen molar-refractivity contribution in [1.82, 2.24) is 19.2 Å². The third kappa shape index (κ3) is 2.83. The van der Waals surface area contributed by atoms with Gasteiger partial charge in [-0.1, -0.05) is 38.0 Å². The van der Waals surface area contributed by atoms with Crippen molar-refractivity contribution >= 4 is 16.7 Å². The normalized spacial score (nSPS) is 13.0. The predicted octanol–water partition coefficient (Wildman–Crippen LogP) is 5.94. The van der Waals surface area contributed by atoms with Crippen molar-refractivity contribution in [2.45, 2.75) is 61.4 Å². The van der Waals surface area contributed by atoms with Gasteiger partial charge in [0.15, 0.2) is 5.65 Å². The average Bonchev–Trinajstić information content (AvgIpc) is 3.17. The number of fused-ring (bicyclic) bond motifs is 3. The smallest absolute Gasteiger partial charge is 0.165 e. The molecule has 0 fully saturated rings. The largest absolute Gasteiger partial charge is 0.332 e. The predicted molar refractivity (Wildman–Crippen MR) is 117 cm³/mol. The number of aryl methyl sites for hydroxylation is 5. The molecule has 146 valence electrons. The van der Waals surface area contributed by atoms with Gasteiger partial charge in [-0.3, -0.25) is 0 Å². The molecule has 0 aliphatic heterocycles. The highest BCUT2D eigenvalue weighted by atomic mass is 15.3. The van der Waals surface area contributed by atoms with E-state index in [-0.39, 0.29) is 0 Å². The summed E-state index contributed by atoms with van der Waals surface area (Å²) in [4.78, 5) is 5.01. The van der Waals surface area contributed by atoms with Gasteiger partial charge in [0.1, 0.15) is 5.65 Å². The molecule has 0 aliphatic carbocycles. The van der Waals surface area contributed by atoms with E-state index in [4.69, 9.17) is 10.1 Å². The highest BCUT2D eigenvalue weighted by molar-refractivity contribution is 5.89. The number of hydrogen-bond donors (Lipinski definition) is 0. The second-order valence-electron chi connectivity index (χ2n) is 8.39. The number of aromatic nitrogens is 4. The summed E-state index contributed by atoms with van der Waals surface area (Å²) in [7, 11) is 0. The average molecular weight is 375 g/mol. The highest BCUT2D eigenvalue weighted by Gasteiger charge is 2.21. The van der Waals surface area contributed by atoms with Crippen LogP contribution in [0.15, 0.2) is 24.4 Å². The third-order valence-corrected chi connectivity index (χ3v) is 5.97. The summed E-state index contributed by atoms with van der Waals surface area (Å²) >= 11 is 0. The summed E-state index contributed by atoms with van der Waals surface area (Å²) in [5, 5.41) is 6.15. The van der Waals surface area contributed by atoms with Crippen LogP contribution in [0, 0.1) is 40.5 Å². The summed E-state index contributed by atoms with van der Waals surface area (Å²) in [5.74, 6) is 0.622. The van der Waals surface area contributed by atoms with Crippen LogP contribution in [0.1, 0.15) is 48.3 Å². The van der Waals surface area contributed by atoms with Gasteiger partial charge in [-0.15, -0.1) is 0 Å². The topological polar surface area (TPSA) is 35.1 Å². The SMILES string of the molecule is CCC(C)Cn1ccc2c(C)nc3c(-c4c(C)cc(C)cc4C)c(C)nn3c21. The van der Waals surface area contributed by atoms with Crippen molar-refractivity contribution in [2.75, 3.05) is 0 Å². The summed E-state index contributed by atoms with van der Waals surface area (Å²) in [5.41, 5.74) is 10.5. The lowest BCUT2D eigenvalue weighted by molar-refractivity contribution is 0.474. The maximum atomic E-state index is 5.01. The van der Waals surface area contributed by atoms with Gasteiger partial charge in [0, 0.05) is 18.1 Å². The molecule has 0 saturated heterocycles. The van der Waals surface area contributed by atoms with Gasteiger partial charge >= 0.3 is 0 Å². The summed E-state index contributed by atoms with van der Waals surface area (Å²) in [6.07, 6.45) is 3.35. The molecule has 0 spiro atoms. The Labute approximate surface area is 167 Å². The first-order chi connectivity index (χ1) is 13.3. The molecule has 0 aliphatic rings. The number of rotatable bonds is 4. The summed E-state index contributed by atoms with van der Waals surface area (Å²) in [6, 6.07) is 6.68. The molecule has 0 bridgehead atoms. The van der Waals surface area contributed by atoms with Crippen molar-refractivity contribution in [1.29, 1.82) is 0 Å². The molecule has 4 heteroatoms. The molecule has 0 N–H and O–H groups in total. The Balaban J connectivity index is 2.06. The van der Waals surface area contributed by atoms with Crippen LogP contribution >= 0.6 is 0 Å². The minimum Gasteiger partial charge on any atom is -0.332 e. The van der Waals surface area contributed by atoms with Crippen LogP contribution in [0.5, 0.6) is 0 Å². The Morgan fingerprint density at radius 2 is 1.64 bits per heavy atom. The molecule has 3 aromatic heterocycles. The molecule has 1 unspecified atom stereocenters. The van der Waals surface area contributed by atoms with Gasteiger partial charge in [-0.2, -0.15) is 9.61 Å². The van der Waals surface area contributed by atoms with Crippen molar-refractivity contribution in [3.05, 3.63) is 52.5 Å². The summed E-state index contributed by atoms with van der Waals surface area (Å²) < 4.78 is 4.41. The minimum atomic E-state index is 0.622. The lowest BCUT2D eigenvalue weighted by atomic mass is 9.94. The van der Waals surface area contributed by atoms with Crippen molar-refractivity contribution in [3.63, 3.8) is 0 Å². The van der Waals surface area contributed by atoms with E-state index in [9.17, 15) is 0 Å². The number of benzene rings is 1. The fraction of sp³-hybridized carbons (Fsp3) is 0.417. The van der Waals surface area contributed by atoms with E-state index in [1.165, 1.54) is 27.6 Å². The van der Waals surface area contributed by atoms with E-state index >= 15 is 0 Å². The van der Waals surface area contributed by atoms with Gasteiger partial charge < -0.3 is 4.57 Å². The molecule has 0 radical (unpaired) electrons. The van der Waals surface area contributed by atoms with Gasteiger partial charge in [-0.05, 0) is 63.3 Å². The highest BCUT2D eigenvalue weighted by Crippen LogP contribution is 2.35. The second kappa shape index (κ2) is 6.77. The second-order valence-corrected chi connectivity index (χ2v) is 8.39. The lowest BCUT2D eigenvalue weighted by Crippen LogP contribution is -2.08. The van der Waals surface area contributed by atoms with E-state index in [2.05, 4.69) is 81.9 Å². The van der Waals surface area contributed by atoms with Crippen LogP contribution in [0.3, 0.4) is 0 Å². The first-order valence-electron chi connectivity index (χ1n) is 10.2. The van der Waals surface area contributed by atoms with E-state index < -0.39 is 0 Å². The molecule has 0 amide bonds. The minimum absolute atomic E-state index is 0.622. The lowest BCUT2D eigenvalue weighted by Gasteiger charge is -2.13. The molecule has 0 saturated carbocycles. The third-order valence-electron chi connectivity index (χ3n) is 5.97. The zero-order valence-corrected chi connectivity index (χ0v) is 18.1. The fourth-order valence-electron chi connectivity index (χ4n) is 4.45.